The number of hydrogen-bond donors (Lipinski definition) is 1. The molecule has 6 nitrogen and oxygen atoms in total. The molecule has 1 unspecified atom stereocenters. The third-order valence-electron chi connectivity index (χ3n) is 4.62. The lowest BCUT2D eigenvalue weighted by Gasteiger charge is -2.26. The van der Waals surface area contributed by atoms with Crippen LogP contribution >= 0.6 is 0 Å². The molecule has 3 rings (SSSR count). The minimum atomic E-state index is -0.0497. The van der Waals surface area contributed by atoms with Crippen molar-refractivity contribution < 1.29 is 19.1 Å². The summed E-state index contributed by atoms with van der Waals surface area (Å²) in [5.41, 5.74) is 2.62. The standard InChI is InChI=1S/C21H24N2O4/c1-15(16-3-9-19(26-2)10-4-16)13-20(24)22-17-5-7-18(8-6-17)23-11-12-27-14-21(23)25/h3-10,15H,11-14H2,1-2H3,(H,22,24). The van der Waals surface area contributed by atoms with E-state index in [-0.39, 0.29) is 24.3 Å². The van der Waals surface area contributed by atoms with Gasteiger partial charge < -0.3 is 19.7 Å². The predicted molar refractivity (Wildman–Crippen MR) is 104 cm³/mol. The lowest BCUT2D eigenvalue weighted by molar-refractivity contribution is -0.125. The number of benzene rings is 2. The maximum absolute atomic E-state index is 12.3. The van der Waals surface area contributed by atoms with Crippen molar-refractivity contribution in [1.29, 1.82) is 0 Å². The highest BCUT2D eigenvalue weighted by molar-refractivity contribution is 5.95. The van der Waals surface area contributed by atoms with Gasteiger partial charge in [0, 0.05) is 24.3 Å². The molecule has 0 bridgehead atoms. The largest absolute Gasteiger partial charge is 0.497 e. The number of carbonyl (C=O) groups is 2. The third-order valence-corrected chi connectivity index (χ3v) is 4.62. The number of methoxy groups -OCH3 is 1. The van der Waals surface area contributed by atoms with Crippen molar-refractivity contribution in [3.05, 3.63) is 54.1 Å². The van der Waals surface area contributed by atoms with Crippen molar-refractivity contribution in [3.8, 4) is 5.75 Å². The first-order valence-electron chi connectivity index (χ1n) is 8.99. The Balaban J connectivity index is 1.56. The van der Waals surface area contributed by atoms with Gasteiger partial charge in [0.2, 0.25) is 5.91 Å². The molecule has 1 saturated heterocycles. The summed E-state index contributed by atoms with van der Waals surface area (Å²) in [6.45, 7) is 3.22. The topological polar surface area (TPSA) is 67.9 Å². The van der Waals surface area contributed by atoms with E-state index in [2.05, 4.69) is 5.32 Å². The lowest BCUT2D eigenvalue weighted by atomic mass is 9.97. The summed E-state index contributed by atoms with van der Waals surface area (Å²) in [6, 6.07) is 15.1. The molecule has 6 heteroatoms. The summed E-state index contributed by atoms with van der Waals surface area (Å²) >= 11 is 0. The van der Waals surface area contributed by atoms with Crippen LogP contribution in [-0.4, -0.2) is 38.7 Å². The number of morpholine rings is 1. The third kappa shape index (κ3) is 4.86. The van der Waals surface area contributed by atoms with Gasteiger partial charge in [0.15, 0.2) is 0 Å². The number of nitrogens with zero attached hydrogens (tertiary/aromatic N) is 1. The Hall–Kier alpha value is -2.86. The van der Waals surface area contributed by atoms with Crippen molar-refractivity contribution in [3.63, 3.8) is 0 Å². The molecule has 2 aromatic carbocycles. The number of carbonyl (C=O) groups excluding carboxylic acids is 2. The molecule has 1 heterocycles. The summed E-state index contributed by atoms with van der Waals surface area (Å²) in [4.78, 5) is 25.9. The first kappa shape index (κ1) is 18.9. The summed E-state index contributed by atoms with van der Waals surface area (Å²) in [5.74, 6) is 0.801. The first-order chi connectivity index (χ1) is 13.1. The minimum Gasteiger partial charge on any atom is -0.497 e. The van der Waals surface area contributed by atoms with Crippen molar-refractivity contribution >= 4 is 23.2 Å². The maximum Gasteiger partial charge on any atom is 0.253 e. The molecule has 2 amide bonds. The van der Waals surface area contributed by atoms with Crippen LogP contribution < -0.4 is 15.0 Å². The zero-order valence-electron chi connectivity index (χ0n) is 15.6. The van der Waals surface area contributed by atoms with Crippen LogP contribution in [0.3, 0.4) is 0 Å². The van der Waals surface area contributed by atoms with Crippen LogP contribution in [0.5, 0.6) is 5.75 Å². The summed E-state index contributed by atoms with van der Waals surface area (Å²) < 4.78 is 10.3. The fourth-order valence-corrected chi connectivity index (χ4v) is 3.06. The van der Waals surface area contributed by atoms with E-state index in [1.54, 1.807) is 12.0 Å². The normalized spacial score (nSPS) is 15.3. The second kappa shape index (κ2) is 8.68. The molecule has 0 radical (unpaired) electrons. The highest BCUT2D eigenvalue weighted by atomic mass is 16.5. The van der Waals surface area contributed by atoms with Crippen LogP contribution in [0, 0.1) is 0 Å². The Morgan fingerprint density at radius 3 is 2.52 bits per heavy atom. The number of amides is 2. The molecule has 1 atom stereocenters. The van der Waals surface area contributed by atoms with Crippen molar-refractivity contribution in [2.24, 2.45) is 0 Å². The van der Waals surface area contributed by atoms with Gasteiger partial charge >= 0.3 is 0 Å². The van der Waals surface area contributed by atoms with Gasteiger partial charge in [-0.1, -0.05) is 19.1 Å². The van der Waals surface area contributed by atoms with E-state index in [1.807, 2.05) is 55.5 Å². The molecule has 0 aromatic heterocycles. The highest BCUT2D eigenvalue weighted by Gasteiger charge is 2.20. The number of hydrogen-bond acceptors (Lipinski definition) is 4. The number of rotatable bonds is 6. The van der Waals surface area contributed by atoms with E-state index in [1.165, 1.54) is 0 Å². The second-order valence-corrected chi connectivity index (χ2v) is 6.57. The van der Waals surface area contributed by atoms with Crippen LogP contribution in [0.4, 0.5) is 11.4 Å². The maximum atomic E-state index is 12.3. The molecule has 1 N–H and O–H groups in total. The molecular formula is C21H24N2O4. The van der Waals surface area contributed by atoms with Crippen LogP contribution in [0.2, 0.25) is 0 Å². The van der Waals surface area contributed by atoms with Crippen molar-refractivity contribution in [2.75, 3.05) is 37.1 Å². The van der Waals surface area contributed by atoms with E-state index in [0.717, 1.165) is 17.0 Å². The number of anilines is 2. The monoisotopic (exact) mass is 368 g/mol. The quantitative estimate of drug-likeness (QED) is 0.850. The van der Waals surface area contributed by atoms with Crippen molar-refractivity contribution in [2.45, 2.75) is 19.3 Å². The molecule has 1 aliphatic rings. The molecule has 1 fully saturated rings. The van der Waals surface area contributed by atoms with Gasteiger partial charge in [0.25, 0.3) is 5.91 Å². The Morgan fingerprint density at radius 2 is 1.89 bits per heavy atom. The molecule has 0 saturated carbocycles. The first-order valence-corrected chi connectivity index (χ1v) is 8.99. The average molecular weight is 368 g/mol. The van der Waals surface area contributed by atoms with Crippen LogP contribution in [-0.2, 0) is 14.3 Å². The Labute approximate surface area is 159 Å². The lowest BCUT2D eigenvalue weighted by Crippen LogP contribution is -2.41. The van der Waals surface area contributed by atoms with Gasteiger partial charge in [-0.15, -0.1) is 0 Å². The molecule has 0 spiro atoms. The van der Waals surface area contributed by atoms with Gasteiger partial charge in [-0.3, -0.25) is 9.59 Å². The van der Waals surface area contributed by atoms with Crippen LogP contribution in [0.15, 0.2) is 48.5 Å². The van der Waals surface area contributed by atoms with E-state index in [9.17, 15) is 9.59 Å². The fourth-order valence-electron chi connectivity index (χ4n) is 3.06. The van der Waals surface area contributed by atoms with Gasteiger partial charge in [-0.05, 0) is 47.9 Å². The molecular weight excluding hydrogens is 344 g/mol. The van der Waals surface area contributed by atoms with Gasteiger partial charge in [-0.2, -0.15) is 0 Å². The summed E-state index contributed by atoms with van der Waals surface area (Å²) in [6.07, 6.45) is 0.385. The Morgan fingerprint density at radius 1 is 1.19 bits per heavy atom. The average Bonchev–Trinajstić information content (AvgIpc) is 2.69. The van der Waals surface area contributed by atoms with E-state index < -0.39 is 0 Å². The molecule has 2 aromatic rings. The second-order valence-electron chi connectivity index (χ2n) is 6.57. The predicted octanol–water partition coefficient (Wildman–Crippen LogP) is 3.19. The smallest absolute Gasteiger partial charge is 0.253 e. The van der Waals surface area contributed by atoms with Gasteiger partial charge in [0.1, 0.15) is 12.4 Å². The Kier molecular flexibility index (Phi) is 6.08. The zero-order chi connectivity index (χ0) is 19.2. The van der Waals surface area contributed by atoms with E-state index >= 15 is 0 Å². The van der Waals surface area contributed by atoms with Gasteiger partial charge in [0.05, 0.1) is 13.7 Å². The van der Waals surface area contributed by atoms with Crippen LogP contribution in [0.1, 0.15) is 24.8 Å². The fraction of sp³-hybridized carbons (Fsp3) is 0.333. The number of ether oxygens (including phenoxy) is 2. The highest BCUT2D eigenvalue weighted by Crippen LogP contribution is 2.23. The Bertz CT molecular complexity index is 787. The minimum absolute atomic E-state index is 0.0477. The summed E-state index contributed by atoms with van der Waals surface area (Å²) in [5, 5.41) is 2.91. The van der Waals surface area contributed by atoms with E-state index in [0.29, 0.717) is 25.3 Å². The van der Waals surface area contributed by atoms with Gasteiger partial charge in [-0.25, -0.2) is 0 Å². The molecule has 0 aliphatic carbocycles. The molecule has 142 valence electrons. The number of nitrogens with one attached hydrogen (secondary N) is 1. The van der Waals surface area contributed by atoms with Crippen molar-refractivity contribution in [1.82, 2.24) is 0 Å². The molecule has 1 aliphatic heterocycles. The summed E-state index contributed by atoms with van der Waals surface area (Å²) in [7, 11) is 1.63. The zero-order valence-corrected chi connectivity index (χ0v) is 15.6. The molecule has 27 heavy (non-hydrogen) atoms. The van der Waals surface area contributed by atoms with Crippen LogP contribution in [0.25, 0.3) is 0 Å². The van der Waals surface area contributed by atoms with E-state index in [4.69, 9.17) is 9.47 Å². The SMILES string of the molecule is COc1ccc(C(C)CC(=O)Nc2ccc(N3CCOCC3=O)cc2)cc1.